The Labute approximate surface area is 117 Å². The van der Waals surface area contributed by atoms with Crippen molar-refractivity contribution >= 4 is 21.6 Å². The number of hydrogen-bond acceptors (Lipinski definition) is 3. The second-order valence-electron chi connectivity index (χ2n) is 4.73. The number of nitrogens with one attached hydrogen (secondary N) is 2. The van der Waals surface area contributed by atoms with Crippen molar-refractivity contribution in [2.75, 3.05) is 25.0 Å². The van der Waals surface area contributed by atoms with Gasteiger partial charge in [-0.1, -0.05) is 15.9 Å². The van der Waals surface area contributed by atoms with Crippen molar-refractivity contribution in [1.82, 2.24) is 5.32 Å². The Morgan fingerprint density at radius 1 is 1.50 bits per heavy atom. The van der Waals surface area contributed by atoms with E-state index in [0.717, 1.165) is 42.1 Å². The highest BCUT2D eigenvalue weighted by atomic mass is 79.9. The van der Waals surface area contributed by atoms with Crippen LogP contribution in [0.4, 0.5) is 5.69 Å². The van der Waals surface area contributed by atoms with Crippen molar-refractivity contribution in [3.05, 3.63) is 28.2 Å². The highest BCUT2D eigenvalue weighted by molar-refractivity contribution is 9.10. The molecule has 4 heteroatoms. The molecule has 0 bridgehead atoms. The Kier molecular flexibility index (Phi) is 5.03. The maximum absolute atomic E-state index is 9.04. The van der Waals surface area contributed by atoms with E-state index in [9.17, 15) is 0 Å². The Bertz CT molecular complexity index is 433. The standard InChI is InChI=1S/C14H18BrN3/c15-13-4-3-12(9-16)14(8-13)18-7-5-11-2-1-6-17-10-11/h3-4,8,11,17-18H,1-2,5-7,10H2. The number of hydrogen-bond donors (Lipinski definition) is 2. The first-order chi connectivity index (χ1) is 8.79. The van der Waals surface area contributed by atoms with Crippen molar-refractivity contribution in [3.8, 4) is 6.07 Å². The number of nitrogens with zero attached hydrogens (tertiary/aromatic N) is 1. The van der Waals surface area contributed by atoms with Gasteiger partial charge in [-0.15, -0.1) is 0 Å². The number of benzene rings is 1. The second kappa shape index (κ2) is 6.77. The summed E-state index contributed by atoms with van der Waals surface area (Å²) in [5.74, 6) is 0.768. The van der Waals surface area contributed by atoms with E-state index in [2.05, 4.69) is 32.6 Å². The summed E-state index contributed by atoms with van der Waals surface area (Å²) >= 11 is 3.43. The molecule has 0 aromatic heterocycles. The van der Waals surface area contributed by atoms with Crippen LogP contribution in [-0.4, -0.2) is 19.6 Å². The summed E-state index contributed by atoms with van der Waals surface area (Å²) in [6, 6.07) is 7.92. The molecule has 1 saturated heterocycles. The van der Waals surface area contributed by atoms with Gasteiger partial charge in [-0.3, -0.25) is 0 Å². The van der Waals surface area contributed by atoms with Crippen molar-refractivity contribution in [2.24, 2.45) is 5.92 Å². The molecule has 2 N–H and O–H groups in total. The van der Waals surface area contributed by atoms with Gasteiger partial charge < -0.3 is 10.6 Å². The zero-order valence-electron chi connectivity index (χ0n) is 10.4. The molecule has 1 fully saturated rings. The molecule has 1 atom stereocenters. The first kappa shape index (κ1) is 13.4. The van der Waals surface area contributed by atoms with Crippen LogP contribution in [-0.2, 0) is 0 Å². The van der Waals surface area contributed by atoms with E-state index in [1.54, 1.807) is 0 Å². The third-order valence-electron chi connectivity index (χ3n) is 3.37. The molecule has 18 heavy (non-hydrogen) atoms. The fraction of sp³-hybridized carbons (Fsp3) is 0.500. The SMILES string of the molecule is N#Cc1ccc(Br)cc1NCCC1CCCNC1. The molecule has 2 rings (SSSR count). The van der Waals surface area contributed by atoms with Crippen molar-refractivity contribution in [1.29, 1.82) is 5.26 Å². The predicted octanol–water partition coefficient (Wildman–Crippen LogP) is 3.12. The van der Waals surface area contributed by atoms with E-state index < -0.39 is 0 Å². The van der Waals surface area contributed by atoms with Crippen LogP contribution in [0.1, 0.15) is 24.8 Å². The Balaban J connectivity index is 1.86. The van der Waals surface area contributed by atoms with Crippen LogP contribution in [0.15, 0.2) is 22.7 Å². The molecule has 1 unspecified atom stereocenters. The molecule has 1 heterocycles. The maximum Gasteiger partial charge on any atom is 0.101 e. The summed E-state index contributed by atoms with van der Waals surface area (Å²) in [5.41, 5.74) is 1.63. The molecular formula is C14H18BrN3. The average molecular weight is 308 g/mol. The molecule has 1 aromatic rings. The van der Waals surface area contributed by atoms with Crippen LogP contribution >= 0.6 is 15.9 Å². The molecule has 3 nitrogen and oxygen atoms in total. The maximum atomic E-state index is 9.04. The lowest BCUT2D eigenvalue weighted by atomic mass is 9.96. The highest BCUT2D eigenvalue weighted by Gasteiger charge is 2.12. The Morgan fingerprint density at radius 2 is 2.39 bits per heavy atom. The van der Waals surface area contributed by atoms with E-state index in [-0.39, 0.29) is 0 Å². The lowest BCUT2D eigenvalue weighted by Crippen LogP contribution is -2.30. The molecule has 0 spiro atoms. The smallest absolute Gasteiger partial charge is 0.101 e. The zero-order valence-corrected chi connectivity index (χ0v) is 12.0. The van der Waals surface area contributed by atoms with Crippen LogP contribution in [0.2, 0.25) is 0 Å². The number of anilines is 1. The fourth-order valence-corrected chi connectivity index (χ4v) is 2.70. The van der Waals surface area contributed by atoms with Gasteiger partial charge in [0.1, 0.15) is 6.07 Å². The number of piperidine rings is 1. The topological polar surface area (TPSA) is 47.9 Å². The molecular weight excluding hydrogens is 290 g/mol. The Morgan fingerprint density at radius 3 is 3.11 bits per heavy atom. The summed E-state index contributed by atoms with van der Waals surface area (Å²) in [6.45, 7) is 3.22. The number of rotatable bonds is 4. The summed E-state index contributed by atoms with van der Waals surface area (Å²) < 4.78 is 1.00. The van der Waals surface area contributed by atoms with Gasteiger partial charge >= 0.3 is 0 Å². The third-order valence-corrected chi connectivity index (χ3v) is 3.86. The van der Waals surface area contributed by atoms with Crippen molar-refractivity contribution in [3.63, 3.8) is 0 Å². The van der Waals surface area contributed by atoms with Crippen LogP contribution in [0.5, 0.6) is 0 Å². The summed E-state index contributed by atoms with van der Waals surface area (Å²) in [6.07, 6.45) is 3.76. The van der Waals surface area contributed by atoms with E-state index in [1.807, 2.05) is 18.2 Å². The van der Waals surface area contributed by atoms with Gasteiger partial charge in [0.2, 0.25) is 0 Å². The first-order valence-electron chi connectivity index (χ1n) is 6.44. The van der Waals surface area contributed by atoms with Gasteiger partial charge in [-0.25, -0.2) is 0 Å². The van der Waals surface area contributed by atoms with Gasteiger partial charge in [0.05, 0.1) is 11.3 Å². The number of halogens is 1. The predicted molar refractivity (Wildman–Crippen MR) is 77.6 cm³/mol. The van der Waals surface area contributed by atoms with E-state index in [4.69, 9.17) is 5.26 Å². The highest BCUT2D eigenvalue weighted by Crippen LogP contribution is 2.21. The van der Waals surface area contributed by atoms with Gasteiger partial charge in [-0.2, -0.15) is 5.26 Å². The third kappa shape index (κ3) is 3.72. The molecule has 1 aliphatic heterocycles. The molecule has 96 valence electrons. The summed E-state index contributed by atoms with van der Waals surface area (Å²) in [7, 11) is 0. The minimum absolute atomic E-state index is 0.708. The number of nitriles is 1. The van der Waals surface area contributed by atoms with Crippen LogP contribution < -0.4 is 10.6 Å². The Hall–Kier alpha value is -1.05. The van der Waals surface area contributed by atoms with Crippen LogP contribution in [0.3, 0.4) is 0 Å². The molecule has 0 amide bonds. The molecule has 0 saturated carbocycles. The van der Waals surface area contributed by atoms with Gasteiger partial charge in [0.15, 0.2) is 0 Å². The molecule has 0 aliphatic carbocycles. The second-order valence-corrected chi connectivity index (χ2v) is 5.65. The molecule has 1 aromatic carbocycles. The van der Waals surface area contributed by atoms with E-state index >= 15 is 0 Å². The lowest BCUT2D eigenvalue weighted by molar-refractivity contribution is 0.364. The van der Waals surface area contributed by atoms with E-state index in [1.165, 1.54) is 12.8 Å². The van der Waals surface area contributed by atoms with Crippen LogP contribution in [0, 0.1) is 17.2 Å². The van der Waals surface area contributed by atoms with Gasteiger partial charge in [0.25, 0.3) is 0 Å². The first-order valence-corrected chi connectivity index (χ1v) is 7.23. The molecule has 1 aliphatic rings. The minimum atomic E-state index is 0.708. The monoisotopic (exact) mass is 307 g/mol. The van der Waals surface area contributed by atoms with Crippen molar-refractivity contribution < 1.29 is 0 Å². The van der Waals surface area contributed by atoms with Crippen molar-refractivity contribution in [2.45, 2.75) is 19.3 Å². The summed E-state index contributed by atoms with van der Waals surface area (Å²) in [4.78, 5) is 0. The van der Waals surface area contributed by atoms with Crippen LogP contribution in [0.25, 0.3) is 0 Å². The fourth-order valence-electron chi connectivity index (χ4n) is 2.34. The summed E-state index contributed by atoms with van der Waals surface area (Å²) in [5, 5.41) is 15.8. The van der Waals surface area contributed by atoms with E-state index in [0.29, 0.717) is 5.56 Å². The quantitative estimate of drug-likeness (QED) is 0.898. The lowest BCUT2D eigenvalue weighted by Gasteiger charge is -2.23. The zero-order chi connectivity index (χ0) is 12.8. The molecule has 0 radical (unpaired) electrons. The minimum Gasteiger partial charge on any atom is -0.384 e. The van der Waals surface area contributed by atoms with Gasteiger partial charge in [0, 0.05) is 11.0 Å². The average Bonchev–Trinajstić information content (AvgIpc) is 2.40. The van der Waals surface area contributed by atoms with Gasteiger partial charge in [-0.05, 0) is 56.5 Å². The largest absolute Gasteiger partial charge is 0.384 e. The normalized spacial score (nSPS) is 19.2.